The van der Waals surface area contributed by atoms with E-state index in [0.29, 0.717) is 16.9 Å². The van der Waals surface area contributed by atoms with Gasteiger partial charge in [0.15, 0.2) is 0 Å². The third kappa shape index (κ3) is 7.69. The van der Waals surface area contributed by atoms with Gasteiger partial charge in [0.25, 0.3) is 5.91 Å². The van der Waals surface area contributed by atoms with Crippen LogP contribution in [0, 0.1) is 12.8 Å². The fourth-order valence-electron chi connectivity index (χ4n) is 3.23. The monoisotopic (exact) mass is 488 g/mol. The summed E-state index contributed by atoms with van der Waals surface area (Å²) in [5.74, 6) is -2.29. The highest BCUT2D eigenvalue weighted by atomic mass is 16.4. The van der Waals surface area contributed by atoms with Crippen LogP contribution in [0.1, 0.15) is 28.4 Å². The average Bonchev–Trinajstić information content (AvgIpc) is 2.85. The number of rotatable bonds is 9. The summed E-state index contributed by atoms with van der Waals surface area (Å²) >= 11 is 0. The first-order valence-corrected chi connectivity index (χ1v) is 11.3. The van der Waals surface area contributed by atoms with E-state index in [1.165, 1.54) is 6.92 Å². The first-order chi connectivity index (χ1) is 17.2. The highest BCUT2D eigenvalue weighted by molar-refractivity contribution is 6.00. The van der Waals surface area contributed by atoms with Gasteiger partial charge in [-0.1, -0.05) is 37.3 Å². The number of carboxylic acids is 1. The fraction of sp³-hybridized carbons (Fsp3) is 0.185. The summed E-state index contributed by atoms with van der Waals surface area (Å²) in [6, 6.07) is 20.4. The molecular weight excluding hydrogens is 460 g/mol. The van der Waals surface area contributed by atoms with Crippen molar-refractivity contribution in [3.05, 3.63) is 89.5 Å². The lowest BCUT2D eigenvalue weighted by atomic mass is 10.1. The molecule has 0 bridgehead atoms. The van der Waals surface area contributed by atoms with E-state index in [1.54, 1.807) is 48.5 Å². The molecule has 5 N–H and O–H groups in total. The van der Waals surface area contributed by atoms with Gasteiger partial charge < -0.3 is 26.4 Å². The third-order valence-corrected chi connectivity index (χ3v) is 5.39. The van der Waals surface area contributed by atoms with Crippen LogP contribution in [0.5, 0.6) is 0 Å². The molecular formula is C27H28N4O5. The normalized spacial score (nSPS) is 11.2. The molecule has 1 unspecified atom stereocenters. The first kappa shape index (κ1) is 26.0. The Labute approximate surface area is 208 Å². The number of hydrogen-bond acceptors (Lipinski definition) is 4. The molecule has 0 saturated carbocycles. The van der Waals surface area contributed by atoms with E-state index < -0.39 is 11.9 Å². The van der Waals surface area contributed by atoms with Crippen LogP contribution in [-0.2, 0) is 16.0 Å². The van der Waals surface area contributed by atoms with Crippen LogP contribution < -0.4 is 21.3 Å². The number of carbonyl (C=O) groups is 4. The SMILES string of the molecule is Cc1ccccc1NC(=O)Nc1ccc(CC(=O)Nc2ccc(C(=O)NCC(C)C(=O)O)cc2)cc1. The lowest BCUT2D eigenvalue weighted by Gasteiger charge is -2.11. The molecule has 0 radical (unpaired) electrons. The number of amides is 4. The average molecular weight is 489 g/mol. The number of nitrogens with one attached hydrogen (secondary N) is 4. The van der Waals surface area contributed by atoms with Crippen LogP contribution in [0.3, 0.4) is 0 Å². The summed E-state index contributed by atoms with van der Waals surface area (Å²) in [7, 11) is 0. The molecule has 0 aliphatic rings. The Hall–Kier alpha value is -4.66. The minimum absolute atomic E-state index is 0.0261. The number of aliphatic carboxylic acids is 1. The summed E-state index contributed by atoms with van der Waals surface area (Å²) in [5, 5.41) is 19.8. The number of hydrogen-bond donors (Lipinski definition) is 5. The van der Waals surface area contributed by atoms with Crippen molar-refractivity contribution in [1.29, 1.82) is 0 Å². The maximum absolute atomic E-state index is 12.4. The molecule has 9 nitrogen and oxygen atoms in total. The second-order valence-electron chi connectivity index (χ2n) is 8.34. The van der Waals surface area contributed by atoms with E-state index in [2.05, 4.69) is 21.3 Å². The Bertz CT molecular complexity index is 1240. The highest BCUT2D eigenvalue weighted by Gasteiger charge is 2.13. The van der Waals surface area contributed by atoms with Crippen molar-refractivity contribution in [3.8, 4) is 0 Å². The maximum atomic E-state index is 12.4. The lowest BCUT2D eigenvalue weighted by molar-refractivity contribution is -0.140. The van der Waals surface area contributed by atoms with Crippen molar-refractivity contribution in [2.24, 2.45) is 5.92 Å². The van der Waals surface area contributed by atoms with Crippen molar-refractivity contribution in [3.63, 3.8) is 0 Å². The topological polar surface area (TPSA) is 137 Å². The second-order valence-corrected chi connectivity index (χ2v) is 8.34. The standard InChI is InChI=1S/C27H28N4O5/c1-17-5-3-4-6-23(17)31-27(36)30-22-11-7-19(8-12-22)15-24(32)29-21-13-9-20(10-14-21)25(33)28-16-18(2)26(34)35/h3-14,18H,15-16H2,1-2H3,(H,28,33)(H,29,32)(H,34,35)(H2,30,31,36). The number of urea groups is 1. The molecule has 0 heterocycles. The molecule has 3 aromatic rings. The number of anilines is 3. The van der Waals surface area contributed by atoms with E-state index in [0.717, 1.165) is 16.8 Å². The highest BCUT2D eigenvalue weighted by Crippen LogP contribution is 2.16. The molecule has 0 aliphatic carbocycles. The van der Waals surface area contributed by atoms with E-state index in [4.69, 9.17) is 5.11 Å². The molecule has 3 aromatic carbocycles. The summed E-state index contributed by atoms with van der Waals surface area (Å²) in [4.78, 5) is 47.6. The van der Waals surface area contributed by atoms with Crippen molar-refractivity contribution in [2.75, 3.05) is 22.5 Å². The Morgan fingerprint density at radius 1 is 0.806 bits per heavy atom. The molecule has 3 rings (SSSR count). The van der Waals surface area contributed by atoms with E-state index >= 15 is 0 Å². The fourth-order valence-corrected chi connectivity index (χ4v) is 3.23. The zero-order chi connectivity index (χ0) is 26.1. The molecule has 36 heavy (non-hydrogen) atoms. The largest absolute Gasteiger partial charge is 0.481 e. The maximum Gasteiger partial charge on any atom is 0.323 e. The summed E-state index contributed by atoms with van der Waals surface area (Å²) in [5.41, 5.74) is 3.93. The number of para-hydroxylation sites is 1. The Morgan fingerprint density at radius 2 is 1.42 bits per heavy atom. The van der Waals surface area contributed by atoms with Crippen LogP contribution in [0.4, 0.5) is 21.9 Å². The van der Waals surface area contributed by atoms with E-state index in [9.17, 15) is 19.2 Å². The van der Waals surface area contributed by atoms with Crippen LogP contribution in [-0.4, -0.2) is 35.5 Å². The Morgan fingerprint density at radius 3 is 2.06 bits per heavy atom. The van der Waals surface area contributed by atoms with Gasteiger partial charge in [-0.25, -0.2) is 4.79 Å². The van der Waals surface area contributed by atoms with Gasteiger partial charge in [-0.05, 0) is 60.5 Å². The lowest BCUT2D eigenvalue weighted by Crippen LogP contribution is -2.31. The third-order valence-electron chi connectivity index (χ3n) is 5.39. The molecule has 0 spiro atoms. The van der Waals surface area contributed by atoms with Crippen LogP contribution in [0.2, 0.25) is 0 Å². The number of aryl methyl sites for hydroxylation is 1. The predicted octanol–water partition coefficient (Wildman–Crippen LogP) is 4.27. The van der Waals surface area contributed by atoms with E-state index in [1.807, 2.05) is 31.2 Å². The van der Waals surface area contributed by atoms with Gasteiger partial charge in [0, 0.05) is 29.2 Å². The Balaban J connectivity index is 1.47. The number of carboxylic acid groups (broad SMARTS) is 1. The predicted molar refractivity (Wildman–Crippen MR) is 138 cm³/mol. The summed E-state index contributed by atoms with van der Waals surface area (Å²) < 4.78 is 0. The zero-order valence-corrected chi connectivity index (χ0v) is 20.0. The van der Waals surface area contributed by atoms with Gasteiger partial charge in [-0.2, -0.15) is 0 Å². The zero-order valence-electron chi connectivity index (χ0n) is 20.0. The van der Waals surface area contributed by atoms with Crippen molar-refractivity contribution in [1.82, 2.24) is 5.32 Å². The Kier molecular flexibility index (Phi) is 8.77. The smallest absolute Gasteiger partial charge is 0.323 e. The van der Waals surface area contributed by atoms with Gasteiger partial charge >= 0.3 is 12.0 Å². The van der Waals surface area contributed by atoms with Crippen LogP contribution >= 0.6 is 0 Å². The first-order valence-electron chi connectivity index (χ1n) is 11.3. The quantitative estimate of drug-likeness (QED) is 0.306. The molecule has 186 valence electrons. The summed E-state index contributed by atoms with van der Waals surface area (Å²) in [6.07, 6.45) is 0.130. The van der Waals surface area contributed by atoms with Gasteiger partial charge in [0.2, 0.25) is 5.91 Å². The van der Waals surface area contributed by atoms with Crippen molar-refractivity contribution in [2.45, 2.75) is 20.3 Å². The molecule has 0 aliphatic heterocycles. The van der Waals surface area contributed by atoms with Gasteiger partial charge in [-0.3, -0.25) is 14.4 Å². The molecule has 4 amide bonds. The number of carbonyl (C=O) groups excluding carboxylic acids is 3. The summed E-state index contributed by atoms with van der Waals surface area (Å²) in [6.45, 7) is 3.44. The molecule has 1 atom stereocenters. The van der Waals surface area contributed by atoms with Gasteiger partial charge in [-0.15, -0.1) is 0 Å². The van der Waals surface area contributed by atoms with Crippen molar-refractivity contribution < 1.29 is 24.3 Å². The van der Waals surface area contributed by atoms with Crippen molar-refractivity contribution >= 4 is 40.9 Å². The minimum Gasteiger partial charge on any atom is -0.481 e. The van der Waals surface area contributed by atoms with Crippen LogP contribution in [0.25, 0.3) is 0 Å². The number of benzene rings is 3. The van der Waals surface area contributed by atoms with E-state index in [-0.39, 0.29) is 30.8 Å². The van der Waals surface area contributed by atoms with Gasteiger partial charge in [0.1, 0.15) is 0 Å². The minimum atomic E-state index is -0.983. The second kappa shape index (κ2) is 12.2. The van der Waals surface area contributed by atoms with Crippen LogP contribution in [0.15, 0.2) is 72.8 Å². The molecule has 0 aromatic heterocycles. The van der Waals surface area contributed by atoms with Gasteiger partial charge in [0.05, 0.1) is 12.3 Å². The molecule has 0 saturated heterocycles. The molecule has 9 heteroatoms. The molecule has 0 fully saturated rings.